The molecule has 2 atom stereocenters. The zero-order valence-corrected chi connectivity index (χ0v) is 16.6. The Morgan fingerprint density at radius 1 is 1.11 bits per heavy atom. The molecule has 2 aliphatic heterocycles. The van der Waals surface area contributed by atoms with E-state index in [1.54, 1.807) is 23.1 Å². The van der Waals surface area contributed by atoms with Crippen LogP contribution in [0.5, 0.6) is 0 Å². The maximum atomic E-state index is 13.4. The Labute approximate surface area is 170 Å². The van der Waals surface area contributed by atoms with Crippen LogP contribution in [0.2, 0.25) is 0 Å². The van der Waals surface area contributed by atoms with Crippen molar-refractivity contribution in [3.63, 3.8) is 0 Å². The van der Waals surface area contributed by atoms with Crippen molar-refractivity contribution in [1.29, 1.82) is 0 Å². The molecule has 0 N–H and O–H groups in total. The Morgan fingerprint density at radius 3 is 2.68 bits per heavy atom. The molecule has 2 unspecified atom stereocenters. The van der Waals surface area contributed by atoms with Crippen LogP contribution in [0.4, 0.5) is 0 Å². The minimum atomic E-state index is -0.465. The zero-order chi connectivity index (χ0) is 19.3. The second kappa shape index (κ2) is 6.87. The van der Waals surface area contributed by atoms with Gasteiger partial charge in [0.05, 0.1) is 23.1 Å². The highest BCUT2D eigenvalue weighted by Crippen LogP contribution is 2.39. The molecule has 2 aromatic carbocycles. The van der Waals surface area contributed by atoms with Gasteiger partial charge < -0.3 is 14.1 Å². The Balaban J connectivity index is 1.71. The fourth-order valence-electron chi connectivity index (χ4n) is 4.17. The van der Waals surface area contributed by atoms with Crippen LogP contribution in [0, 0.1) is 0 Å². The molecular formula is C22H18BrNO4. The second-order valence-electron chi connectivity index (χ2n) is 7.22. The first-order chi connectivity index (χ1) is 13.6. The lowest BCUT2D eigenvalue weighted by atomic mass is 9.98. The van der Waals surface area contributed by atoms with Gasteiger partial charge in [0.25, 0.3) is 5.91 Å². The Bertz CT molecular complexity index is 1120. The summed E-state index contributed by atoms with van der Waals surface area (Å²) in [5, 5.41) is 0.473. The molecule has 0 radical (unpaired) electrons. The van der Waals surface area contributed by atoms with Crippen molar-refractivity contribution in [2.75, 3.05) is 13.2 Å². The highest BCUT2D eigenvalue weighted by molar-refractivity contribution is 9.10. The predicted octanol–water partition coefficient (Wildman–Crippen LogP) is 4.28. The number of ether oxygens (including phenoxy) is 1. The normalized spacial score (nSPS) is 21.5. The number of nitrogens with zero attached hydrogens (tertiary/aromatic N) is 1. The number of hydrogen-bond acceptors (Lipinski definition) is 4. The summed E-state index contributed by atoms with van der Waals surface area (Å²) in [4.78, 5) is 28.4. The van der Waals surface area contributed by atoms with E-state index in [9.17, 15) is 9.59 Å². The molecule has 1 aromatic heterocycles. The third-order valence-electron chi connectivity index (χ3n) is 5.47. The molecule has 3 aromatic rings. The van der Waals surface area contributed by atoms with Gasteiger partial charge in [0.1, 0.15) is 5.58 Å². The molecular weight excluding hydrogens is 422 g/mol. The van der Waals surface area contributed by atoms with Gasteiger partial charge in [-0.2, -0.15) is 0 Å². The summed E-state index contributed by atoms with van der Waals surface area (Å²) in [5.41, 5.74) is 1.58. The number of benzene rings is 2. The van der Waals surface area contributed by atoms with Crippen molar-refractivity contribution in [3.05, 3.63) is 80.1 Å². The maximum Gasteiger partial charge on any atom is 0.291 e. The Morgan fingerprint density at radius 2 is 1.93 bits per heavy atom. The lowest BCUT2D eigenvalue weighted by Gasteiger charge is -2.27. The summed E-state index contributed by atoms with van der Waals surface area (Å²) >= 11 is 3.41. The monoisotopic (exact) mass is 439 g/mol. The molecule has 1 fully saturated rings. The summed E-state index contributed by atoms with van der Waals surface area (Å²) in [5.74, 6) is -0.104. The highest BCUT2D eigenvalue weighted by atomic mass is 79.9. The Kier molecular flexibility index (Phi) is 4.33. The van der Waals surface area contributed by atoms with Crippen molar-refractivity contribution in [1.82, 2.24) is 4.90 Å². The van der Waals surface area contributed by atoms with Crippen LogP contribution in [0.3, 0.4) is 0 Å². The standard InChI is InChI=1S/C22H18BrNO4/c23-14-8-9-17-16(11-14)20(25)18-19(13-5-2-1-3-6-13)24(22(26)21(18)28-17)12-15-7-4-10-27-15/h1-3,5-6,8-9,11,15,19H,4,7,10,12H2. The third kappa shape index (κ3) is 2.79. The van der Waals surface area contributed by atoms with Crippen LogP contribution >= 0.6 is 15.9 Å². The SMILES string of the molecule is O=C1c2oc3ccc(Br)cc3c(=O)c2C(c2ccccc2)N1CC1CCCO1. The van der Waals surface area contributed by atoms with Crippen LogP contribution < -0.4 is 5.43 Å². The Hall–Kier alpha value is -2.44. The topological polar surface area (TPSA) is 59.8 Å². The van der Waals surface area contributed by atoms with E-state index in [2.05, 4.69) is 15.9 Å². The van der Waals surface area contributed by atoms with Gasteiger partial charge in [-0.3, -0.25) is 9.59 Å². The third-order valence-corrected chi connectivity index (χ3v) is 5.96. The minimum Gasteiger partial charge on any atom is -0.450 e. The first-order valence-corrected chi connectivity index (χ1v) is 10.2. The molecule has 0 bridgehead atoms. The van der Waals surface area contributed by atoms with Crippen LogP contribution in [0.25, 0.3) is 11.0 Å². The number of hydrogen-bond donors (Lipinski definition) is 0. The molecule has 0 aliphatic carbocycles. The van der Waals surface area contributed by atoms with Gasteiger partial charge in [0, 0.05) is 17.6 Å². The van der Waals surface area contributed by atoms with E-state index >= 15 is 0 Å². The number of halogens is 1. The van der Waals surface area contributed by atoms with E-state index in [-0.39, 0.29) is 23.2 Å². The molecule has 3 heterocycles. The molecule has 142 valence electrons. The van der Waals surface area contributed by atoms with Gasteiger partial charge in [0.15, 0.2) is 5.43 Å². The largest absolute Gasteiger partial charge is 0.450 e. The zero-order valence-electron chi connectivity index (χ0n) is 15.1. The van der Waals surface area contributed by atoms with Gasteiger partial charge >= 0.3 is 0 Å². The number of fused-ring (bicyclic) bond motifs is 2. The molecule has 5 nitrogen and oxygen atoms in total. The predicted molar refractivity (Wildman–Crippen MR) is 108 cm³/mol. The average Bonchev–Trinajstić information content (AvgIpc) is 3.31. The van der Waals surface area contributed by atoms with E-state index in [0.717, 1.165) is 22.9 Å². The first-order valence-electron chi connectivity index (χ1n) is 9.37. The summed E-state index contributed by atoms with van der Waals surface area (Å²) in [7, 11) is 0. The van der Waals surface area contributed by atoms with E-state index in [0.29, 0.717) is 29.7 Å². The summed E-state index contributed by atoms with van der Waals surface area (Å²) in [6.45, 7) is 1.16. The van der Waals surface area contributed by atoms with Crippen LogP contribution in [-0.4, -0.2) is 30.1 Å². The van der Waals surface area contributed by atoms with Gasteiger partial charge in [0.2, 0.25) is 5.76 Å². The summed E-state index contributed by atoms with van der Waals surface area (Å²) < 4.78 is 12.5. The molecule has 0 spiro atoms. The molecule has 2 aliphatic rings. The number of amides is 1. The second-order valence-corrected chi connectivity index (χ2v) is 8.14. The van der Waals surface area contributed by atoms with Crippen molar-refractivity contribution < 1.29 is 13.9 Å². The lowest BCUT2D eigenvalue weighted by Crippen LogP contribution is -2.36. The van der Waals surface area contributed by atoms with Crippen molar-refractivity contribution in [3.8, 4) is 0 Å². The fourth-order valence-corrected chi connectivity index (χ4v) is 4.53. The van der Waals surface area contributed by atoms with Gasteiger partial charge in [-0.05, 0) is 36.6 Å². The smallest absolute Gasteiger partial charge is 0.291 e. The molecule has 0 saturated carbocycles. The van der Waals surface area contributed by atoms with Crippen LogP contribution in [0.15, 0.2) is 62.2 Å². The van der Waals surface area contributed by atoms with E-state index in [4.69, 9.17) is 9.15 Å². The fraction of sp³-hybridized carbons (Fsp3) is 0.273. The van der Waals surface area contributed by atoms with Gasteiger partial charge in [-0.25, -0.2) is 0 Å². The molecule has 1 amide bonds. The van der Waals surface area contributed by atoms with Crippen LogP contribution in [0.1, 0.15) is 40.6 Å². The number of carbonyl (C=O) groups excluding carboxylic acids is 1. The molecule has 5 rings (SSSR count). The molecule has 28 heavy (non-hydrogen) atoms. The molecule has 1 saturated heterocycles. The number of carbonyl (C=O) groups is 1. The summed E-state index contributed by atoms with van der Waals surface area (Å²) in [6, 6.07) is 14.4. The van der Waals surface area contributed by atoms with Crippen molar-refractivity contribution >= 4 is 32.8 Å². The lowest BCUT2D eigenvalue weighted by molar-refractivity contribution is 0.0486. The van der Waals surface area contributed by atoms with Gasteiger partial charge in [-0.1, -0.05) is 46.3 Å². The van der Waals surface area contributed by atoms with E-state index in [1.807, 2.05) is 30.3 Å². The average molecular weight is 440 g/mol. The van der Waals surface area contributed by atoms with E-state index in [1.165, 1.54) is 0 Å². The van der Waals surface area contributed by atoms with Crippen molar-refractivity contribution in [2.45, 2.75) is 25.0 Å². The quantitative estimate of drug-likeness (QED) is 0.610. The van der Waals surface area contributed by atoms with Crippen LogP contribution in [-0.2, 0) is 4.74 Å². The van der Waals surface area contributed by atoms with Gasteiger partial charge in [-0.15, -0.1) is 0 Å². The molecule has 6 heteroatoms. The first kappa shape index (κ1) is 17.6. The highest BCUT2D eigenvalue weighted by Gasteiger charge is 2.43. The van der Waals surface area contributed by atoms with E-state index < -0.39 is 6.04 Å². The maximum absolute atomic E-state index is 13.4. The van der Waals surface area contributed by atoms with Crippen molar-refractivity contribution in [2.24, 2.45) is 0 Å². The minimum absolute atomic E-state index is 0.0110. The number of rotatable bonds is 3. The summed E-state index contributed by atoms with van der Waals surface area (Å²) in [6.07, 6.45) is 1.89.